The SMILES string of the molecule is C.C.C.C.CC(C)C1CCC(F)(F)CC1.CC(C)C1CCCCC1.CC(C)C1CCCCC1.CC(C)CC1CC1.CC(C)CC1CC1(F)F.CC(C)CC1CCCCC1.CC(C)[C@@H]1CCOC1.CC(C)[C@H]1CCOC1. The third-order valence-electron chi connectivity index (χ3n) is 17.4. The van der Waals surface area contributed by atoms with Crippen LogP contribution < -0.4 is 0 Å². The van der Waals surface area contributed by atoms with Gasteiger partial charge in [0.05, 0.1) is 0 Å². The Balaban J connectivity index is -0.000000382. The van der Waals surface area contributed by atoms with Gasteiger partial charge >= 0.3 is 0 Å². The summed E-state index contributed by atoms with van der Waals surface area (Å²) < 4.78 is 60.0. The van der Waals surface area contributed by atoms with Gasteiger partial charge in [-0.3, -0.25) is 0 Å². The Kier molecular flexibility index (Phi) is 49.0. The van der Waals surface area contributed by atoms with Crippen molar-refractivity contribution in [2.24, 2.45) is 94.7 Å². The van der Waals surface area contributed by atoms with Crippen LogP contribution in [0.1, 0.15) is 314 Å². The zero-order valence-corrected chi connectivity index (χ0v) is 50.5. The highest BCUT2D eigenvalue weighted by Gasteiger charge is 2.56. The normalized spacial score (nSPS) is 24.2. The van der Waals surface area contributed by atoms with Gasteiger partial charge in [-0.25, -0.2) is 17.6 Å². The molecule has 0 N–H and O–H groups in total. The van der Waals surface area contributed by atoms with Gasteiger partial charge in [-0.15, -0.1) is 0 Å². The summed E-state index contributed by atoms with van der Waals surface area (Å²) in [6, 6.07) is 0. The molecule has 2 heterocycles. The monoisotopic (exact) mass is 1080 g/mol. The van der Waals surface area contributed by atoms with Gasteiger partial charge in [-0.2, -0.15) is 0 Å². The minimum atomic E-state index is -2.36. The summed E-state index contributed by atoms with van der Waals surface area (Å²) >= 11 is 0. The lowest BCUT2D eigenvalue weighted by atomic mass is 9.80. The lowest BCUT2D eigenvalue weighted by Crippen LogP contribution is -2.26. The highest BCUT2D eigenvalue weighted by molar-refractivity contribution is 4.95. The van der Waals surface area contributed by atoms with Crippen LogP contribution in [0.3, 0.4) is 0 Å². The predicted molar refractivity (Wildman–Crippen MR) is 330 cm³/mol. The summed E-state index contributed by atoms with van der Waals surface area (Å²) in [5, 5.41) is 0. The second kappa shape index (κ2) is 45.3. The Morgan fingerprint density at radius 3 is 0.827 bits per heavy atom. The Morgan fingerprint density at radius 2 is 0.627 bits per heavy atom. The van der Waals surface area contributed by atoms with Gasteiger partial charge in [0.1, 0.15) is 0 Å². The zero-order chi connectivity index (χ0) is 53.6. The predicted octanol–water partition coefficient (Wildman–Crippen LogP) is 24.6. The van der Waals surface area contributed by atoms with E-state index in [1.807, 2.05) is 13.8 Å². The maximum absolute atomic E-state index is 12.6. The molecule has 0 aromatic heterocycles. The van der Waals surface area contributed by atoms with Crippen molar-refractivity contribution in [3.8, 4) is 0 Å². The van der Waals surface area contributed by atoms with Crippen LogP contribution in [0.5, 0.6) is 0 Å². The number of hydrogen-bond donors (Lipinski definition) is 0. The summed E-state index contributed by atoms with van der Waals surface area (Å²) in [4.78, 5) is 0. The molecule has 2 aliphatic heterocycles. The lowest BCUT2D eigenvalue weighted by Gasteiger charge is -2.30. The summed E-state index contributed by atoms with van der Waals surface area (Å²) in [6.45, 7) is 39.9. The lowest BCUT2D eigenvalue weighted by molar-refractivity contribution is -0.0504. The van der Waals surface area contributed by atoms with Crippen molar-refractivity contribution >= 4 is 0 Å². The largest absolute Gasteiger partial charge is 0.381 e. The molecule has 75 heavy (non-hydrogen) atoms. The Labute approximate surface area is 471 Å². The maximum atomic E-state index is 12.6. The van der Waals surface area contributed by atoms with Crippen molar-refractivity contribution in [3.63, 3.8) is 0 Å². The van der Waals surface area contributed by atoms with Gasteiger partial charge < -0.3 is 9.47 Å². The molecular weight excluding hydrogens is 937 g/mol. The van der Waals surface area contributed by atoms with E-state index in [4.69, 9.17) is 9.47 Å². The van der Waals surface area contributed by atoms with Crippen LogP contribution in [0.25, 0.3) is 0 Å². The van der Waals surface area contributed by atoms with E-state index in [0.29, 0.717) is 37.0 Å². The van der Waals surface area contributed by atoms with E-state index in [-0.39, 0.29) is 54.9 Å². The second-order valence-electron chi connectivity index (χ2n) is 27.5. The first kappa shape index (κ1) is 81.1. The fraction of sp³-hybridized carbons (Fsp3) is 1.00. The molecule has 0 aromatic carbocycles. The Hall–Kier alpha value is -0.360. The number of ether oxygens (including phenoxy) is 2. The molecular formula is C69H142F4O2. The van der Waals surface area contributed by atoms with E-state index < -0.39 is 11.8 Å². The van der Waals surface area contributed by atoms with Gasteiger partial charge in [-0.05, 0) is 134 Å². The van der Waals surface area contributed by atoms with E-state index in [1.165, 1.54) is 135 Å². The van der Waals surface area contributed by atoms with Gasteiger partial charge in [0, 0.05) is 51.6 Å². The summed E-state index contributed by atoms with van der Waals surface area (Å²) in [5.74, 6) is 7.94. The topological polar surface area (TPSA) is 18.5 Å². The molecule has 0 amide bonds. The fourth-order valence-electron chi connectivity index (χ4n) is 11.7. The molecule has 8 rings (SSSR count). The number of hydrogen-bond acceptors (Lipinski definition) is 2. The molecule has 8 aliphatic rings. The summed E-state index contributed by atoms with van der Waals surface area (Å²) in [6.07, 6.45) is 33.4. The molecule has 3 atom stereocenters. The minimum Gasteiger partial charge on any atom is -0.381 e. The maximum Gasteiger partial charge on any atom is 0.251 e. The number of alkyl halides is 4. The zero-order valence-electron chi connectivity index (χ0n) is 50.5. The average molecular weight is 1080 g/mol. The third-order valence-corrected chi connectivity index (χ3v) is 17.4. The van der Waals surface area contributed by atoms with E-state index in [0.717, 1.165) is 97.4 Å². The second-order valence-corrected chi connectivity index (χ2v) is 27.5. The molecule has 6 saturated carbocycles. The standard InChI is InChI=1S/C10H20.C9H16F2.2C9H18.C7H12F2.2C7H14O.C7H14.4CH4/c1-9(2)8-10-6-4-3-5-7-10;1-7(2)8-3-5-9(10,11)6-4-8;2*1-8(2)9-6-4-3-5-7-9;1-5(2)3-6-4-7(6,8)9;2*1-6(2)7-3-4-8-5-7;1-6(2)5-7-3-4-7;;;;/h9-10H,3-8H2,1-2H3;7-8H,3-6H2,1-2H3;2*8-9H,3-7H2,1-2H3;5-6H,3-4H2,1-2H3;2*6-7H,3-5H2,1-2H3;6-7H,3-5H2,1-2H3;4*1H4/t;;;;;2*7-;;;;;/m.....10...../s1. The van der Waals surface area contributed by atoms with Gasteiger partial charge in [-0.1, -0.05) is 250 Å². The highest BCUT2D eigenvalue weighted by Crippen LogP contribution is 2.51. The fourth-order valence-corrected chi connectivity index (χ4v) is 11.7. The first-order valence-corrected chi connectivity index (χ1v) is 31.2. The van der Waals surface area contributed by atoms with Crippen LogP contribution in [0, 0.1) is 94.7 Å². The van der Waals surface area contributed by atoms with Crippen LogP contribution in [-0.4, -0.2) is 38.3 Å². The van der Waals surface area contributed by atoms with Crippen LogP contribution in [0.4, 0.5) is 17.6 Å². The van der Waals surface area contributed by atoms with Crippen molar-refractivity contribution in [3.05, 3.63) is 0 Å². The third kappa shape index (κ3) is 43.1. The van der Waals surface area contributed by atoms with Crippen LogP contribution in [-0.2, 0) is 9.47 Å². The first-order valence-electron chi connectivity index (χ1n) is 31.2. The molecule has 0 aromatic rings. The summed E-state index contributed by atoms with van der Waals surface area (Å²) in [5.41, 5.74) is 0. The first-order chi connectivity index (χ1) is 33.3. The average Bonchev–Trinajstić information content (AvgIpc) is 3.96. The molecule has 6 aliphatic carbocycles. The number of rotatable bonds is 11. The molecule has 0 bridgehead atoms. The van der Waals surface area contributed by atoms with Crippen LogP contribution in [0.15, 0.2) is 0 Å². The van der Waals surface area contributed by atoms with Gasteiger partial charge in [0.2, 0.25) is 5.92 Å². The molecule has 458 valence electrons. The molecule has 1 unspecified atom stereocenters. The van der Waals surface area contributed by atoms with E-state index >= 15 is 0 Å². The Bertz CT molecular complexity index is 1140. The highest BCUT2D eigenvalue weighted by atomic mass is 19.3. The van der Waals surface area contributed by atoms with Crippen LogP contribution >= 0.6 is 0 Å². The quantitative estimate of drug-likeness (QED) is 0.192. The molecule has 0 radical (unpaired) electrons. The van der Waals surface area contributed by atoms with Crippen molar-refractivity contribution in [2.75, 3.05) is 26.4 Å². The Morgan fingerprint density at radius 1 is 0.347 bits per heavy atom. The van der Waals surface area contributed by atoms with Crippen molar-refractivity contribution in [1.29, 1.82) is 0 Å². The van der Waals surface area contributed by atoms with Gasteiger partial charge in [0.25, 0.3) is 5.92 Å². The molecule has 6 heteroatoms. The molecule has 8 fully saturated rings. The van der Waals surface area contributed by atoms with Crippen molar-refractivity contribution in [2.45, 2.75) is 326 Å². The van der Waals surface area contributed by atoms with E-state index in [2.05, 4.69) is 96.9 Å². The van der Waals surface area contributed by atoms with E-state index in [1.54, 1.807) is 0 Å². The number of halogens is 4. The molecule has 0 spiro atoms. The smallest absolute Gasteiger partial charge is 0.251 e. The molecule has 2 nitrogen and oxygen atoms in total. The molecule has 2 saturated heterocycles. The van der Waals surface area contributed by atoms with Crippen molar-refractivity contribution in [1.82, 2.24) is 0 Å². The van der Waals surface area contributed by atoms with E-state index in [9.17, 15) is 17.6 Å². The van der Waals surface area contributed by atoms with Crippen molar-refractivity contribution < 1.29 is 27.0 Å². The summed E-state index contributed by atoms with van der Waals surface area (Å²) in [7, 11) is 0. The van der Waals surface area contributed by atoms with Crippen LogP contribution in [0.2, 0.25) is 0 Å². The van der Waals surface area contributed by atoms with Gasteiger partial charge in [0.15, 0.2) is 0 Å². The minimum absolute atomic E-state index is 0.